The molecule has 2 aliphatic rings. The molecule has 2 heterocycles. The van der Waals surface area contributed by atoms with Gasteiger partial charge in [-0.25, -0.2) is 9.37 Å². The maximum Gasteiger partial charge on any atom is 0.414 e. The van der Waals surface area contributed by atoms with Crippen LogP contribution >= 0.6 is 0 Å². The molecule has 39 heavy (non-hydrogen) atoms. The molecule has 1 fully saturated rings. The van der Waals surface area contributed by atoms with Gasteiger partial charge >= 0.3 is 6.18 Å². The number of nitrogens with zero attached hydrogens (tertiary/aromatic N) is 1. The molecule has 1 aliphatic heterocycles. The summed E-state index contributed by atoms with van der Waals surface area (Å²) in [6, 6.07) is 10.8. The van der Waals surface area contributed by atoms with Crippen LogP contribution in [0.1, 0.15) is 53.4 Å². The van der Waals surface area contributed by atoms with E-state index in [2.05, 4.69) is 4.98 Å². The Morgan fingerprint density at radius 1 is 1.18 bits per heavy atom. The van der Waals surface area contributed by atoms with Crippen molar-refractivity contribution in [2.24, 2.45) is 5.73 Å². The lowest BCUT2D eigenvalue weighted by molar-refractivity contribution is -0.191. The maximum atomic E-state index is 13.9. The Bertz CT molecular complexity index is 1390. The fraction of sp³-hybridized carbons (Fsp3) is 0.357. The second-order valence-corrected chi connectivity index (χ2v) is 9.70. The average Bonchev–Trinajstić information content (AvgIpc) is 3.66. The van der Waals surface area contributed by atoms with E-state index in [1.807, 2.05) is 0 Å². The van der Waals surface area contributed by atoms with Crippen molar-refractivity contribution in [3.8, 4) is 28.5 Å². The largest absolute Gasteiger partial charge is 0.493 e. The predicted octanol–water partition coefficient (Wildman–Crippen LogP) is 5.24. The molecule has 0 amide bonds. The molecule has 11 heteroatoms. The Balaban J connectivity index is 1.40. The first-order valence-electron chi connectivity index (χ1n) is 12.4. The van der Waals surface area contributed by atoms with Gasteiger partial charge in [0.15, 0.2) is 28.6 Å². The van der Waals surface area contributed by atoms with E-state index >= 15 is 0 Å². The van der Waals surface area contributed by atoms with E-state index in [4.69, 9.17) is 19.9 Å². The van der Waals surface area contributed by atoms with Crippen molar-refractivity contribution >= 4 is 5.78 Å². The molecule has 0 spiro atoms. The van der Waals surface area contributed by atoms with Crippen LogP contribution in [0, 0.1) is 5.82 Å². The molecular weight excluding hydrogens is 520 g/mol. The highest BCUT2D eigenvalue weighted by atomic mass is 19.4. The molecule has 0 saturated heterocycles. The van der Waals surface area contributed by atoms with Crippen molar-refractivity contribution in [2.75, 3.05) is 13.7 Å². The van der Waals surface area contributed by atoms with Crippen molar-refractivity contribution in [3.05, 3.63) is 71.2 Å². The Hall–Kier alpha value is -3.70. The van der Waals surface area contributed by atoms with Gasteiger partial charge in [0, 0.05) is 23.1 Å². The van der Waals surface area contributed by atoms with Gasteiger partial charge in [0.25, 0.3) is 0 Å². The van der Waals surface area contributed by atoms with Gasteiger partial charge in [-0.15, -0.1) is 0 Å². The number of nitrogens with two attached hydrogens (primary N) is 1. The van der Waals surface area contributed by atoms with Crippen LogP contribution in [-0.2, 0) is 5.54 Å². The monoisotopic (exact) mass is 546 g/mol. The first kappa shape index (κ1) is 26.9. The third kappa shape index (κ3) is 5.28. The van der Waals surface area contributed by atoms with Gasteiger partial charge in [0.05, 0.1) is 25.0 Å². The third-order valence-corrected chi connectivity index (χ3v) is 6.83. The summed E-state index contributed by atoms with van der Waals surface area (Å²) >= 11 is 0. The Morgan fingerprint density at radius 2 is 1.90 bits per heavy atom. The lowest BCUT2D eigenvalue weighted by Crippen LogP contribution is -2.51. The van der Waals surface area contributed by atoms with Crippen LogP contribution in [0.3, 0.4) is 0 Å². The average molecular weight is 547 g/mol. The second kappa shape index (κ2) is 10.1. The van der Waals surface area contributed by atoms with Gasteiger partial charge < -0.3 is 25.1 Å². The number of benzene rings is 2. The number of carbonyl (C=O) groups excluding carboxylic acids is 1. The highest BCUT2D eigenvalue weighted by Crippen LogP contribution is 2.49. The number of carbonyl (C=O) groups is 1. The number of ether oxygens (including phenoxy) is 3. The SMILES string of the molecule is COc1cc(C(=O)CC[C@H](O)c2cc3c(c(-c4ccc(F)cc4)n2)OC[C@@]3(N)C(F)(F)F)ccc1OC1CC1. The Kier molecular flexibility index (Phi) is 6.98. The van der Waals surface area contributed by atoms with Crippen molar-refractivity contribution in [1.82, 2.24) is 4.98 Å². The minimum atomic E-state index is -4.85. The number of ketones is 1. The number of hydrogen-bond donors (Lipinski definition) is 2. The number of hydrogen-bond acceptors (Lipinski definition) is 7. The molecule has 2 atom stereocenters. The molecule has 1 saturated carbocycles. The molecule has 3 aromatic rings. The molecule has 7 nitrogen and oxygen atoms in total. The molecule has 0 bridgehead atoms. The molecule has 206 valence electrons. The first-order valence-corrected chi connectivity index (χ1v) is 12.4. The Morgan fingerprint density at radius 3 is 2.54 bits per heavy atom. The summed E-state index contributed by atoms with van der Waals surface area (Å²) in [5.41, 5.74) is 3.04. The topological polar surface area (TPSA) is 104 Å². The fourth-order valence-corrected chi connectivity index (χ4v) is 4.37. The number of aliphatic hydroxyl groups excluding tert-OH is 1. The summed E-state index contributed by atoms with van der Waals surface area (Å²) in [6.07, 6.45) is -4.43. The van der Waals surface area contributed by atoms with Crippen LogP contribution in [0.25, 0.3) is 11.3 Å². The quantitative estimate of drug-likeness (QED) is 0.279. The van der Waals surface area contributed by atoms with Crippen molar-refractivity contribution < 1.29 is 41.7 Å². The lowest BCUT2D eigenvalue weighted by atomic mass is 9.90. The van der Waals surface area contributed by atoms with Gasteiger partial charge in [0.2, 0.25) is 0 Å². The van der Waals surface area contributed by atoms with Crippen LogP contribution in [0.15, 0.2) is 48.5 Å². The van der Waals surface area contributed by atoms with E-state index in [-0.39, 0.29) is 53.0 Å². The third-order valence-electron chi connectivity index (χ3n) is 6.83. The molecule has 0 unspecified atom stereocenters. The smallest absolute Gasteiger partial charge is 0.414 e. The van der Waals surface area contributed by atoms with E-state index in [1.54, 1.807) is 18.2 Å². The number of aromatic nitrogens is 1. The summed E-state index contributed by atoms with van der Waals surface area (Å²) in [6.45, 7) is -0.873. The van der Waals surface area contributed by atoms with Crippen molar-refractivity contribution in [2.45, 2.75) is 49.6 Å². The zero-order valence-electron chi connectivity index (χ0n) is 20.9. The van der Waals surface area contributed by atoms with Crippen LogP contribution in [0.5, 0.6) is 17.2 Å². The normalized spacial score (nSPS) is 19.3. The van der Waals surface area contributed by atoms with Crippen molar-refractivity contribution in [1.29, 1.82) is 0 Å². The highest BCUT2D eigenvalue weighted by Gasteiger charge is 2.59. The lowest BCUT2D eigenvalue weighted by Gasteiger charge is -2.26. The number of aliphatic hydroxyl groups is 1. The van der Waals surface area contributed by atoms with Gasteiger partial charge in [0.1, 0.15) is 18.1 Å². The van der Waals surface area contributed by atoms with Gasteiger partial charge in [-0.3, -0.25) is 4.79 Å². The molecule has 1 aromatic heterocycles. The maximum absolute atomic E-state index is 13.9. The summed E-state index contributed by atoms with van der Waals surface area (Å²) in [4.78, 5) is 17.2. The zero-order chi connectivity index (χ0) is 27.9. The standard InChI is InChI=1S/C28H26F4N2O5/c1-37-24-12-16(4-11-23(24)39-18-7-8-18)21(35)9-10-22(36)20-13-19-26(38-14-27(19,33)28(30,31)32)25(34-20)15-2-5-17(29)6-3-15/h2-6,11-13,18,22,36H,7-10,14,33H2,1H3/t22-,27-/m0/s1. The summed E-state index contributed by atoms with van der Waals surface area (Å²) < 4.78 is 71.8. The fourth-order valence-electron chi connectivity index (χ4n) is 4.37. The zero-order valence-corrected chi connectivity index (χ0v) is 20.9. The minimum Gasteiger partial charge on any atom is -0.493 e. The number of Topliss-reactive ketones (excluding diaryl/α,β-unsaturated/α-hetero) is 1. The molecule has 3 N–H and O–H groups in total. The van der Waals surface area contributed by atoms with Crippen LogP contribution in [-0.4, -0.2) is 41.9 Å². The number of methoxy groups -OCH3 is 1. The highest BCUT2D eigenvalue weighted by molar-refractivity contribution is 5.96. The summed E-state index contributed by atoms with van der Waals surface area (Å²) in [5, 5.41) is 10.9. The minimum absolute atomic E-state index is 0.0135. The summed E-state index contributed by atoms with van der Waals surface area (Å²) in [5.74, 6) is -0.0993. The van der Waals surface area contributed by atoms with E-state index in [9.17, 15) is 27.5 Å². The van der Waals surface area contributed by atoms with Gasteiger partial charge in [-0.05, 0) is 67.8 Å². The predicted molar refractivity (Wildman–Crippen MR) is 132 cm³/mol. The Labute approximate surface area is 221 Å². The van der Waals surface area contributed by atoms with Gasteiger partial charge in [-0.2, -0.15) is 13.2 Å². The van der Waals surface area contributed by atoms with Gasteiger partial charge in [-0.1, -0.05) is 0 Å². The first-order chi connectivity index (χ1) is 18.5. The van der Waals surface area contributed by atoms with Crippen LogP contribution in [0.2, 0.25) is 0 Å². The van der Waals surface area contributed by atoms with E-state index in [0.717, 1.165) is 31.0 Å². The molecule has 2 aromatic carbocycles. The van der Waals surface area contributed by atoms with Crippen molar-refractivity contribution in [3.63, 3.8) is 0 Å². The molecular formula is C28H26F4N2O5. The van der Waals surface area contributed by atoms with Crippen LogP contribution < -0.4 is 19.9 Å². The van der Waals surface area contributed by atoms with E-state index < -0.39 is 30.2 Å². The van der Waals surface area contributed by atoms with Crippen LogP contribution in [0.4, 0.5) is 17.6 Å². The molecule has 0 radical (unpaired) electrons. The summed E-state index contributed by atoms with van der Waals surface area (Å²) in [7, 11) is 1.47. The number of pyridine rings is 1. The molecule has 1 aliphatic carbocycles. The number of fused-ring (bicyclic) bond motifs is 1. The van der Waals surface area contributed by atoms with E-state index in [1.165, 1.54) is 19.2 Å². The number of rotatable bonds is 9. The number of halogens is 4. The van der Waals surface area contributed by atoms with E-state index in [0.29, 0.717) is 17.1 Å². The second-order valence-electron chi connectivity index (χ2n) is 9.70. The number of alkyl halides is 3. The molecule has 5 rings (SSSR count).